The number of rotatable bonds is 1. The zero-order valence-electron chi connectivity index (χ0n) is 9.20. The molecular weight excluding hydrogens is 188 g/mol. The minimum atomic E-state index is -0.267. The minimum Gasteiger partial charge on any atom is -0.423 e. The molecule has 0 bridgehead atoms. The first-order valence-corrected chi connectivity index (χ1v) is 5.12. The van der Waals surface area contributed by atoms with Gasteiger partial charge in [0.2, 0.25) is 0 Å². The molecule has 0 saturated heterocycles. The average molecular weight is 202 g/mol. The van der Waals surface area contributed by atoms with Gasteiger partial charge in [-0.15, -0.1) is 0 Å². The summed E-state index contributed by atoms with van der Waals surface area (Å²) in [6.07, 6.45) is 0. The minimum absolute atomic E-state index is 0.267. The van der Waals surface area contributed by atoms with Gasteiger partial charge in [-0.2, -0.15) is 0 Å². The van der Waals surface area contributed by atoms with Crippen LogP contribution in [0.5, 0.6) is 0 Å². The second-order valence-corrected chi connectivity index (χ2v) is 4.18. The molecule has 2 nitrogen and oxygen atoms in total. The van der Waals surface area contributed by atoms with Crippen LogP contribution in [0.2, 0.25) is 0 Å². The maximum atomic E-state index is 11.4. The summed E-state index contributed by atoms with van der Waals surface area (Å²) in [5.74, 6) is 0.333. The molecule has 0 amide bonds. The zero-order valence-corrected chi connectivity index (χ0v) is 9.20. The molecule has 0 fully saturated rings. The van der Waals surface area contributed by atoms with Gasteiger partial charge in [0, 0.05) is 11.5 Å². The Morgan fingerprint density at radius 1 is 1.20 bits per heavy atom. The maximum absolute atomic E-state index is 11.4. The normalized spacial score (nSPS) is 11.2. The molecule has 0 aliphatic carbocycles. The fourth-order valence-electron chi connectivity index (χ4n) is 1.77. The van der Waals surface area contributed by atoms with Crippen LogP contribution in [0.4, 0.5) is 0 Å². The van der Waals surface area contributed by atoms with Crippen molar-refractivity contribution in [3.63, 3.8) is 0 Å². The highest BCUT2D eigenvalue weighted by Gasteiger charge is 2.08. The Morgan fingerprint density at radius 3 is 2.60 bits per heavy atom. The third-order valence-corrected chi connectivity index (χ3v) is 2.55. The molecule has 2 aromatic rings. The molecule has 0 spiro atoms. The van der Waals surface area contributed by atoms with Crippen molar-refractivity contribution < 1.29 is 4.42 Å². The van der Waals surface area contributed by atoms with Crippen LogP contribution in [-0.4, -0.2) is 0 Å². The van der Waals surface area contributed by atoms with Crippen LogP contribution in [0.1, 0.15) is 30.9 Å². The van der Waals surface area contributed by atoms with E-state index in [1.165, 1.54) is 0 Å². The van der Waals surface area contributed by atoms with Crippen LogP contribution in [0.3, 0.4) is 0 Å². The van der Waals surface area contributed by atoms with E-state index in [4.69, 9.17) is 4.42 Å². The zero-order chi connectivity index (χ0) is 11.0. The van der Waals surface area contributed by atoms with Crippen molar-refractivity contribution in [2.75, 3.05) is 0 Å². The second-order valence-electron chi connectivity index (χ2n) is 4.18. The summed E-state index contributed by atoms with van der Waals surface area (Å²) in [6.45, 7) is 6.14. The third-order valence-electron chi connectivity index (χ3n) is 2.55. The van der Waals surface area contributed by atoms with Crippen molar-refractivity contribution in [1.82, 2.24) is 0 Å². The first kappa shape index (κ1) is 9.97. The first-order chi connectivity index (χ1) is 7.08. The number of fused-ring (bicyclic) bond motifs is 1. The Labute approximate surface area is 88.5 Å². The van der Waals surface area contributed by atoms with Crippen LogP contribution < -0.4 is 5.63 Å². The Kier molecular flexibility index (Phi) is 2.35. The number of benzene rings is 1. The predicted octanol–water partition coefficient (Wildman–Crippen LogP) is 3.22. The highest BCUT2D eigenvalue weighted by atomic mass is 16.4. The van der Waals surface area contributed by atoms with Gasteiger partial charge < -0.3 is 4.42 Å². The summed E-state index contributed by atoms with van der Waals surface area (Å²) >= 11 is 0. The van der Waals surface area contributed by atoms with E-state index in [2.05, 4.69) is 13.8 Å². The van der Waals surface area contributed by atoms with Gasteiger partial charge >= 0.3 is 5.63 Å². The molecule has 0 N–H and O–H groups in total. The standard InChI is InChI=1S/C13H14O2/c1-8(2)11-7-13(14)15-12-6-9(3)4-5-10(11)12/h4-8H,1-3H3. The molecule has 2 rings (SSSR count). The topological polar surface area (TPSA) is 30.2 Å². The molecule has 0 saturated carbocycles. The van der Waals surface area contributed by atoms with Crippen LogP contribution in [-0.2, 0) is 0 Å². The number of hydrogen-bond donors (Lipinski definition) is 0. The van der Waals surface area contributed by atoms with E-state index in [0.717, 1.165) is 16.5 Å². The van der Waals surface area contributed by atoms with Gasteiger partial charge in [0.15, 0.2) is 0 Å². The third kappa shape index (κ3) is 1.80. The summed E-state index contributed by atoms with van der Waals surface area (Å²) in [5, 5.41) is 1.04. The molecule has 0 aliphatic heterocycles. The van der Waals surface area contributed by atoms with Crippen molar-refractivity contribution in [2.45, 2.75) is 26.7 Å². The van der Waals surface area contributed by atoms with Gasteiger partial charge in [-0.05, 0) is 30.0 Å². The van der Waals surface area contributed by atoms with Gasteiger partial charge in [0.25, 0.3) is 0 Å². The largest absolute Gasteiger partial charge is 0.423 e. The van der Waals surface area contributed by atoms with Gasteiger partial charge in [-0.3, -0.25) is 0 Å². The molecule has 0 atom stereocenters. The Balaban J connectivity index is 2.86. The van der Waals surface area contributed by atoms with E-state index in [1.807, 2.05) is 25.1 Å². The molecule has 1 aromatic heterocycles. The van der Waals surface area contributed by atoms with Crippen LogP contribution >= 0.6 is 0 Å². The van der Waals surface area contributed by atoms with Crippen LogP contribution in [0.25, 0.3) is 11.0 Å². The lowest BCUT2D eigenvalue weighted by Gasteiger charge is -2.08. The second kappa shape index (κ2) is 3.54. The highest BCUT2D eigenvalue weighted by Crippen LogP contribution is 2.24. The molecule has 2 heteroatoms. The quantitative estimate of drug-likeness (QED) is 0.664. The maximum Gasteiger partial charge on any atom is 0.336 e. The summed E-state index contributed by atoms with van der Waals surface area (Å²) in [4.78, 5) is 11.4. The summed E-state index contributed by atoms with van der Waals surface area (Å²) in [6, 6.07) is 7.54. The summed E-state index contributed by atoms with van der Waals surface area (Å²) in [5.41, 5.74) is 2.58. The lowest BCUT2D eigenvalue weighted by molar-refractivity contribution is 0.557. The SMILES string of the molecule is Cc1ccc2c(C(C)C)cc(=O)oc2c1. The fourth-order valence-corrected chi connectivity index (χ4v) is 1.77. The van der Waals surface area contributed by atoms with Crippen LogP contribution in [0, 0.1) is 6.92 Å². The Bertz CT molecular complexity index is 550. The Hall–Kier alpha value is -1.57. The van der Waals surface area contributed by atoms with E-state index in [1.54, 1.807) is 6.07 Å². The van der Waals surface area contributed by atoms with Crippen molar-refractivity contribution >= 4 is 11.0 Å². The van der Waals surface area contributed by atoms with E-state index in [0.29, 0.717) is 11.5 Å². The van der Waals surface area contributed by atoms with Crippen molar-refractivity contribution in [1.29, 1.82) is 0 Å². The molecule has 1 heterocycles. The smallest absolute Gasteiger partial charge is 0.336 e. The van der Waals surface area contributed by atoms with E-state index >= 15 is 0 Å². The highest BCUT2D eigenvalue weighted by molar-refractivity contribution is 5.81. The van der Waals surface area contributed by atoms with Gasteiger partial charge in [0.1, 0.15) is 5.58 Å². The predicted molar refractivity (Wildman–Crippen MR) is 61.3 cm³/mol. The average Bonchev–Trinajstić information content (AvgIpc) is 2.15. The van der Waals surface area contributed by atoms with Gasteiger partial charge in [0.05, 0.1) is 0 Å². The van der Waals surface area contributed by atoms with Crippen LogP contribution in [0.15, 0.2) is 33.5 Å². The van der Waals surface area contributed by atoms with E-state index < -0.39 is 0 Å². The first-order valence-electron chi connectivity index (χ1n) is 5.12. The fraction of sp³-hybridized carbons (Fsp3) is 0.308. The number of aryl methyl sites for hydroxylation is 1. The van der Waals surface area contributed by atoms with Gasteiger partial charge in [-0.25, -0.2) is 4.79 Å². The lowest BCUT2D eigenvalue weighted by atomic mass is 9.99. The molecule has 1 aromatic carbocycles. The van der Waals surface area contributed by atoms with E-state index in [9.17, 15) is 4.79 Å². The molecule has 78 valence electrons. The number of hydrogen-bond acceptors (Lipinski definition) is 2. The molecule has 15 heavy (non-hydrogen) atoms. The summed E-state index contributed by atoms with van der Waals surface area (Å²) in [7, 11) is 0. The molecule has 0 radical (unpaired) electrons. The summed E-state index contributed by atoms with van der Waals surface area (Å²) < 4.78 is 5.18. The monoisotopic (exact) mass is 202 g/mol. The van der Waals surface area contributed by atoms with Crippen molar-refractivity contribution in [3.05, 3.63) is 45.8 Å². The van der Waals surface area contributed by atoms with E-state index in [-0.39, 0.29) is 5.63 Å². The Morgan fingerprint density at radius 2 is 1.93 bits per heavy atom. The molecular formula is C13H14O2. The lowest BCUT2D eigenvalue weighted by Crippen LogP contribution is -2.01. The van der Waals surface area contributed by atoms with Crippen molar-refractivity contribution in [3.8, 4) is 0 Å². The molecule has 0 aliphatic rings. The van der Waals surface area contributed by atoms with Gasteiger partial charge in [-0.1, -0.05) is 26.0 Å². The molecule has 0 unspecified atom stereocenters. The van der Waals surface area contributed by atoms with Crippen molar-refractivity contribution in [2.24, 2.45) is 0 Å².